The second-order valence-electron chi connectivity index (χ2n) is 1.56. The maximum atomic E-state index is 6.61. The Kier molecular flexibility index (Phi) is 2.10. The lowest BCUT2D eigenvalue weighted by Gasteiger charge is -1.91. The molecular formula is C6H2Cl2N2. The van der Waals surface area contributed by atoms with Gasteiger partial charge >= 0.3 is 0 Å². The van der Waals surface area contributed by atoms with Crippen LogP contribution in [0.4, 0.5) is 5.69 Å². The highest BCUT2D eigenvalue weighted by Crippen LogP contribution is 2.23. The van der Waals surface area contributed by atoms with E-state index >= 15 is 0 Å². The molecule has 0 aliphatic carbocycles. The van der Waals surface area contributed by atoms with Gasteiger partial charge < -0.3 is 0 Å². The number of hydrogen-bond acceptors (Lipinski definition) is 1. The summed E-state index contributed by atoms with van der Waals surface area (Å²) in [6.07, 6.45) is 0. The van der Waals surface area contributed by atoms with Gasteiger partial charge in [-0.25, -0.2) is 9.83 Å². The van der Waals surface area contributed by atoms with E-state index in [-0.39, 0.29) is 5.15 Å². The fourth-order valence-corrected chi connectivity index (χ4v) is 0.875. The van der Waals surface area contributed by atoms with Crippen LogP contribution in [0.25, 0.3) is 4.85 Å². The topological polar surface area (TPSA) is 17.2 Å². The van der Waals surface area contributed by atoms with Crippen LogP contribution in [-0.2, 0) is 0 Å². The van der Waals surface area contributed by atoms with E-state index in [1.807, 2.05) is 0 Å². The predicted molar refractivity (Wildman–Crippen MR) is 40.5 cm³/mol. The summed E-state index contributed by atoms with van der Waals surface area (Å²) >= 11 is 11.0. The molecule has 0 saturated heterocycles. The first-order chi connectivity index (χ1) is 4.74. The number of halogens is 2. The molecule has 0 spiro atoms. The molecule has 0 atom stereocenters. The molecule has 4 heteroatoms. The van der Waals surface area contributed by atoms with E-state index in [9.17, 15) is 0 Å². The van der Waals surface area contributed by atoms with E-state index in [0.29, 0.717) is 10.8 Å². The zero-order valence-electron chi connectivity index (χ0n) is 4.81. The maximum absolute atomic E-state index is 6.61. The van der Waals surface area contributed by atoms with Gasteiger partial charge in [-0.2, -0.15) is 0 Å². The van der Waals surface area contributed by atoms with E-state index < -0.39 is 0 Å². The van der Waals surface area contributed by atoms with E-state index in [1.165, 1.54) is 12.1 Å². The predicted octanol–water partition coefficient (Wildman–Crippen LogP) is 2.94. The smallest absolute Gasteiger partial charge is 0.223 e. The second kappa shape index (κ2) is 2.87. The summed E-state index contributed by atoms with van der Waals surface area (Å²) in [5, 5.41) is 0.458. The fourth-order valence-electron chi connectivity index (χ4n) is 0.488. The van der Waals surface area contributed by atoms with Crippen molar-refractivity contribution in [3.63, 3.8) is 0 Å². The summed E-state index contributed by atoms with van der Waals surface area (Å²) < 4.78 is 0. The highest BCUT2D eigenvalue weighted by Gasteiger charge is 1.99. The molecule has 0 aromatic carbocycles. The quantitative estimate of drug-likeness (QED) is 0.435. The molecule has 0 aliphatic heterocycles. The Balaban J connectivity index is 3.23. The average Bonchev–Trinajstić information content (AvgIpc) is 1.88. The van der Waals surface area contributed by atoms with Crippen LogP contribution in [0.2, 0.25) is 10.3 Å². The van der Waals surface area contributed by atoms with Gasteiger partial charge in [0.2, 0.25) is 5.69 Å². The van der Waals surface area contributed by atoms with Crippen LogP contribution >= 0.6 is 23.2 Å². The van der Waals surface area contributed by atoms with Gasteiger partial charge in [0, 0.05) is 0 Å². The Morgan fingerprint density at radius 2 is 2.10 bits per heavy atom. The van der Waals surface area contributed by atoms with Crippen LogP contribution < -0.4 is 0 Å². The number of pyridine rings is 1. The molecule has 1 heterocycles. The van der Waals surface area contributed by atoms with Crippen molar-refractivity contribution in [2.24, 2.45) is 0 Å². The standard InChI is InChI=1S/C6H2Cl2N2/c1-9-4-2-3-5(7)10-6(4)8/h2-3H. The first kappa shape index (κ1) is 7.33. The van der Waals surface area contributed by atoms with Crippen LogP contribution in [0.1, 0.15) is 0 Å². The minimum absolute atomic E-state index is 0.155. The zero-order chi connectivity index (χ0) is 7.56. The Morgan fingerprint density at radius 1 is 1.40 bits per heavy atom. The van der Waals surface area contributed by atoms with Crippen LogP contribution in [0.15, 0.2) is 12.1 Å². The molecule has 0 unspecified atom stereocenters. The third kappa shape index (κ3) is 1.38. The number of hydrogen-bond donors (Lipinski definition) is 0. The van der Waals surface area contributed by atoms with Crippen molar-refractivity contribution in [2.45, 2.75) is 0 Å². The normalized spacial score (nSPS) is 8.90. The molecule has 1 aromatic rings. The van der Waals surface area contributed by atoms with Gasteiger partial charge in [-0.1, -0.05) is 29.3 Å². The third-order valence-electron chi connectivity index (χ3n) is 0.916. The molecular weight excluding hydrogens is 171 g/mol. The highest BCUT2D eigenvalue weighted by molar-refractivity contribution is 6.34. The van der Waals surface area contributed by atoms with E-state index in [4.69, 9.17) is 29.8 Å². The van der Waals surface area contributed by atoms with E-state index in [0.717, 1.165) is 0 Å². The summed E-state index contributed by atoms with van der Waals surface area (Å²) in [5.74, 6) is 0. The molecule has 0 bridgehead atoms. The van der Waals surface area contributed by atoms with Gasteiger partial charge in [0.05, 0.1) is 6.57 Å². The Hall–Kier alpha value is -0.780. The van der Waals surface area contributed by atoms with Gasteiger partial charge in [0.15, 0.2) is 0 Å². The van der Waals surface area contributed by atoms with Crippen LogP contribution in [-0.4, -0.2) is 4.98 Å². The van der Waals surface area contributed by atoms with Crippen LogP contribution in [0.5, 0.6) is 0 Å². The highest BCUT2D eigenvalue weighted by atomic mass is 35.5. The Labute approximate surface area is 68.2 Å². The van der Waals surface area contributed by atoms with Crippen molar-refractivity contribution < 1.29 is 0 Å². The summed E-state index contributed by atoms with van der Waals surface area (Å²) in [6, 6.07) is 3.06. The molecule has 50 valence electrons. The number of nitrogens with zero attached hydrogens (tertiary/aromatic N) is 2. The van der Waals surface area contributed by atoms with Crippen molar-refractivity contribution in [1.82, 2.24) is 4.98 Å². The number of aromatic nitrogens is 1. The van der Waals surface area contributed by atoms with Gasteiger partial charge in [0.25, 0.3) is 0 Å². The minimum atomic E-state index is 0.155. The van der Waals surface area contributed by atoms with Crippen molar-refractivity contribution in [3.05, 3.63) is 33.9 Å². The summed E-state index contributed by atoms with van der Waals surface area (Å²) in [5.41, 5.74) is 0.325. The Morgan fingerprint density at radius 3 is 2.60 bits per heavy atom. The van der Waals surface area contributed by atoms with Gasteiger partial charge in [-0.3, -0.25) is 0 Å². The molecule has 0 saturated carbocycles. The summed E-state index contributed by atoms with van der Waals surface area (Å²) in [6.45, 7) is 6.61. The molecule has 1 aromatic heterocycles. The first-order valence-electron chi connectivity index (χ1n) is 2.43. The lowest BCUT2D eigenvalue weighted by Crippen LogP contribution is -1.74. The maximum Gasteiger partial charge on any atom is 0.223 e. The average molecular weight is 173 g/mol. The largest absolute Gasteiger partial charge is 0.236 e. The third-order valence-corrected chi connectivity index (χ3v) is 1.40. The molecule has 0 aliphatic rings. The molecule has 0 fully saturated rings. The molecule has 2 nitrogen and oxygen atoms in total. The second-order valence-corrected chi connectivity index (χ2v) is 2.30. The van der Waals surface area contributed by atoms with E-state index in [1.54, 1.807) is 0 Å². The van der Waals surface area contributed by atoms with Gasteiger partial charge in [0.1, 0.15) is 10.3 Å². The van der Waals surface area contributed by atoms with Crippen molar-refractivity contribution in [3.8, 4) is 0 Å². The number of rotatable bonds is 0. The molecule has 1 rings (SSSR count). The fraction of sp³-hybridized carbons (Fsp3) is 0. The summed E-state index contributed by atoms with van der Waals surface area (Å²) in [4.78, 5) is 6.77. The molecule has 0 radical (unpaired) electrons. The van der Waals surface area contributed by atoms with Gasteiger partial charge in [-0.15, -0.1) is 0 Å². The minimum Gasteiger partial charge on any atom is -0.236 e. The van der Waals surface area contributed by atoms with Crippen molar-refractivity contribution in [2.75, 3.05) is 0 Å². The lowest BCUT2D eigenvalue weighted by atomic mass is 10.4. The SMILES string of the molecule is [C-]#[N+]c1ccc(Cl)nc1Cl. The molecule has 10 heavy (non-hydrogen) atoms. The van der Waals surface area contributed by atoms with Gasteiger partial charge in [-0.05, 0) is 6.07 Å². The molecule has 0 N–H and O–H groups in total. The van der Waals surface area contributed by atoms with Crippen LogP contribution in [0.3, 0.4) is 0 Å². The van der Waals surface area contributed by atoms with Crippen molar-refractivity contribution in [1.29, 1.82) is 0 Å². The summed E-state index contributed by atoms with van der Waals surface area (Å²) in [7, 11) is 0. The monoisotopic (exact) mass is 172 g/mol. The molecule has 0 amide bonds. The van der Waals surface area contributed by atoms with Crippen LogP contribution in [0, 0.1) is 6.57 Å². The van der Waals surface area contributed by atoms with Crippen molar-refractivity contribution >= 4 is 28.9 Å². The lowest BCUT2D eigenvalue weighted by molar-refractivity contribution is 1.34. The van der Waals surface area contributed by atoms with E-state index in [2.05, 4.69) is 9.83 Å². The zero-order valence-corrected chi connectivity index (χ0v) is 6.32. The Bertz CT molecular complexity index is 290. The first-order valence-corrected chi connectivity index (χ1v) is 3.19.